The van der Waals surface area contributed by atoms with Gasteiger partial charge in [0.25, 0.3) is 5.91 Å². The van der Waals surface area contributed by atoms with E-state index in [4.69, 9.17) is 0 Å². The summed E-state index contributed by atoms with van der Waals surface area (Å²) in [6, 6.07) is 4.06. The van der Waals surface area contributed by atoms with Crippen LogP contribution in [0.1, 0.15) is 41.6 Å². The number of hydrogen-bond acceptors (Lipinski definition) is 4. The third-order valence-corrected chi connectivity index (χ3v) is 5.26. The first-order valence-corrected chi connectivity index (χ1v) is 8.70. The molecule has 1 saturated heterocycles. The molecule has 27 heavy (non-hydrogen) atoms. The zero-order valence-corrected chi connectivity index (χ0v) is 14.3. The fourth-order valence-electron chi connectivity index (χ4n) is 3.72. The molecule has 0 spiro atoms. The Morgan fingerprint density at radius 1 is 1.22 bits per heavy atom. The standard InChI is InChI=1S/C18H17F2N3O4/c19-18(20)6-10(7-18)15(25)21-11-2-1-9-8-23(17(27)12(9)5-11)13-3-4-14(24)22-16(13)26/h1-2,5,10,13H,3-4,6-8H2,(H,21,25)(H,22,24,26). The lowest BCUT2D eigenvalue weighted by atomic mass is 9.81. The molecule has 2 fully saturated rings. The minimum Gasteiger partial charge on any atom is -0.326 e. The van der Waals surface area contributed by atoms with Gasteiger partial charge >= 0.3 is 0 Å². The van der Waals surface area contributed by atoms with Crippen molar-refractivity contribution in [2.24, 2.45) is 5.92 Å². The van der Waals surface area contributed by atoms with Crippen LogP contribution in [-0.4, -0.2) is 40.5 Å². The number of piperidine rings is 1. The zero-order valence-electron chi connectivity index (χ0n) is 14.3. The number of nitrogens with zero attached hydrogens (tertiary/aromatic N) is 1. The number of benzene rings is 1. The normalized spacial score (nSPS) is 24.3. The molecule has 3 aliphatic rings. The van der Waals surface area contributed by atoms with Crippen molar-refractivity contribution in [2.45, 2.75) is 44.2 Å². The van der Waals surface area contributed by atoms with Gasteiger partial charge in [-0.1, -0.05) is 6.07 Å². The first-order valence-electron chi connectivity index (χ1n) is 8.70. The molecule has 1 aromatic carbocycles. The number of fused-ring (bicyclic) bond motifs is 1. The van der Waals surface area contributed by atoms with Crippen molar-refractivity contribution in [1.29, 1.82) is 0 Å². The van der Waals surface area contributed by atoms with Crippen LogP contribution in [0.2, 0.25) is 0 Å². The Morgan fingerprint density at radius 2 is 1.96 bits per heavy atom. The SMILES string of the molecule is O=C1CCC(N2Cc3ccc(NC(=O)C4CC(F)(F)C4)cc3C2=O)C(=O)N1. The zero-order chi connectivity index (χ0) is 19.3. The van der Waals surface area contributed by atoms with Gasteiger partial charge in [-0.15, -0.1) is 0 Å². The third kappa shape index (κ3) is 3.17. The van der Waals surface area contributed by atoms with E-state index in [0.717, 1.165) is 0 Å². The molecule has 1 saturated carbocycles. The smallest absolute Gasteiger partial charge is 0.255 e. The topological polar surface area (TPSA) is 95.6 Å². The largest absolute Gasteiger partial charge is 0.326 e. The maximum absolute atomic E-state index is 12.9. The molecule has 7 nitrogen and oxygen atoms in total. The van der Waals surface area contributed by atoms with Crippen molar-refractivity contribution in [3.05, 3.63) is 29.3 Å². The molecule has 2 heterocycles. The van der Waals surface area contributed by atoms with Crippen LogP contribution in [0.3, 0.4) is 0 Å². The summed E-state index contributed by atoms with van der Waals surface area (Å²) in [6.07, 6.45) is -0.494. The number of halogens is 2. The molecule has 4 rings (SSSR count). The molecule has 0 bridgehead atoms. The molecule has 2 N–H and O–H groups in total. The van der Waals surface area contributed by atoms with E-state index in [0.29, 0.717) is 16.8 Å². The number of alkyl halides is 2. The number of nitrogens with one attached hydrogen (secondary N) is 2. The highest BCUT2D eigenvalue weighted by molar-refractivity contribution is 6.06. The van der Waals surface area contributed by atoms with E-state index in [1.54, 1.807) is 12.1 Å². The number of amides is 4. The van der Waals surface area contributed by atoms with E-state index >= 15 is 0 Å². The molecule has 1 atom stereocenters. The van der Waals surface area contributed by atoms with Crippen LogP contribution in [0.15, 0.2) is 18.2 Å². The van der Waals surface area contributed by atoms with Gasteiger partial charge in [-0.05, 0) is 24.1 Å². The number of anilines is 1. The van der Waals surface area contributed by atoms with Crippen LogP contribution in [-0.2, 0) is 20.9 Å². The van der Waals surface area contributed by atoms with Gasteiger partial charge in [0.2, 0.25) is 23.6 Å². The van der Waals surface area contributed by atoms with Crippen LogP contribution >= 0.6 is 0 Å². The molecule has 1 aliphatic carbocycles. The Labute approximate surface area is 153 Å². The third-order valence-electron chi connectivity index (χ3n) is 5.26. The molecule has 1 aromatic rings. The van der Waals surface area contributed by atoms with Crippen molar-refractivity contribution >= 4 is 29.3 Å². The minimum absolute atomic E-state index is 0.170. The van der Waals surface area contributed by atoms with Crippen molar-refractivity contribution in [3.8, 4) is 0 Å². The van der Waals surface area contributed by atoms with Gasteiger partial charge in [-0.3, -0.25) is 24.5 Å². The Hall–Kier alpha value is -2.84. The molecule has 4 amide bonds. The Morgan fingerprint density at radius 3 is 2.63 bits per heavy atom. The number of carbonyl (C=O) groups excluding carboxylic acids is 4. The second kappa shape index (κ2) is 6.11. The molecule has 9 heteroatoms. The second-order valence-electron chi connectivity index (χ2n) is 7.22. The average Bonchev–Trinajstić information content (AvgIpc) is 2.89. The van der Waals surface area contributed by atoms with Crippen LogP contribution < -0.4 is 10.6 Å². The van der Waals surface area contributed by atoms with Crippen molar-refractivity contribution < 1.29 is 28.0 Å². The monoisotopic (exact) mass is 377 g/mol. The highest BCUT2D eigenvalue weighted by Crippen LogP contribution is 2.42. The molecule has 1 unspecified atom stereocenters. The summed E-state index contributed by atoms with van der Waals surface area (Å²) in [5.41, 5.74) is 1.42. The summed E-state index contributed by atoms with van der Waals surface area (Å²) in [5, 5.41) is 4.81. The lowest BCUT2D eigenvalue weighted by Crippen LogP contribution is -2.52. The van der Waals surface area contributed by atoms with Crippen LogP contribution in [0.25, 0.3) is 0 Å². The number of carbonyl (C=O) groups is 4. The van der Waals surface area contributed by atoms with Crippen LogP contribution in [0.5, 0.6) is 0 Å². The highest BCUT2D eigenvalue weighted by Gasteiger charge is 2.48. The quantitative estimate of drug-likeness (QED) is 0.779. The number of rotatable bonds is 3. The van der Waals surface area contributed by atoms with E-state index in [9.17, 15) is 28.0 Å². The summed E-state index contributed by atoms with van der Waals surface area (Å²) in [5.74, 6) is -5.21. The lowest BCUT2D eigenvalue weighted by molar-refractivity contribution is -0.145. The fraction of sp³-hybridized carbons (Fsp3) is 0.444. The van der Waals surface area contributed by atoms with Crippen molar-refractivity contribution in [3.63, 3.8) is 0 Å². The predicted molar refractivity (Wildman–Crippen MR) is 88.8 cm³/mol. The minimum atomic E-state index is -2.78. The summed E-state index contributed by atoms with van der Waals surface area (Å²) < 4.78 is 25.8. The van der Waals surface area contributed by atoms with Crippen LogP contribution in [0, 0.1) is 5.92 Å². The Balaban J connectivity index is 1.46. The number of hydrogen-bond donors (Lipinski definition) is 2. The Bertz CT molecular complexity index is 862. The van der Waals surface area contributed by atoms with Crippen molar-refractivity contribution in [2.75, 3.05) is 5.32 Å². The highest BCUT2D eigenvalue weighted by atomic mass is 19.3. The van der Waals surface area contributed by atoms with E-state index in [-0.39, 0.29) is 31.2 Å². The first-order chi connectivity index (χ1) is 12.7. The first kappa shape index (κ1) is 17.6. The maximum atomic E-state index is 12.9. The van der Waals surface area contributed by atoms with Crippen molar-refractivity contribution in [1.82, 2.24) is 10.2 Å². The fourth-order valence-corrected chi connectivity index (χ4v) is 3.72. The van der Waals surface area contributed by atoms with Gasteiger partial charge in [0, 0.05) is 43.0 Å². The van der Waals surface area contributed by atoms with E-state index in [2.05, 4.69) is 10.6 Å². The summed E-state index contributed by atoms with van der Waals surface area (Å²) in [4.78, 5) is 49.4. The lowest BCUT2D eigenvalue weighted by Gasteiger charge is -2.33. The van der Waals surface area contributed by atoms with Gasteiger partial charge in [0.15, 0.2) is 0 Å². The van der Waals surface area contributed by atoms with E-state index < -0.39 is 42.5 Å². The average molecular weight is 377 g/mol. The molecular weight excluding hydrogens is 360 g/mol. The summed E-state index contributed by atoms with van der Waals surface area (Å²) in [6.45, 7) is 0.240. The van der Waals surface area contributed by atoms with Gasteiger partial charge in [-0.25, -0.2) is 8.78 Å². The Kier molecular flexibility index (Phi) is 3.97. The van der Waals surface area contributed by atoms with Crippen LogP contribution in [0.4, 0.5) is 14.5 Å². The van der Waals surface area contributed by atoms with Gasteiger partial charge in [0.1, 0.15) is 6.04 Å². The maximum Gasteiger partial charge on any atom is 0.255 e. The summed E-state index contributed by atoms with van der Waals surface area (Å²) in [7, 11) is 0. The predicted octanol–water partition coefficient (Wildman–Crippen LogP) is 1.43. The number of imide groups is 1. The second-order valence-corrected chi connectivity index (χ2v) is 7.22. The van der Waals surface area contributed by atoms with Gasteiger partial charge in [-0.2, -0.15) is 0 Å². The van der Waals surface area contributed by atoms with E-state index in [1.165, 1.54) is 11.0 Å². The van der Waals surface area contributed by atoms with E-state index in [1.807, 2.05) is 0 Å². The molecule has 0 radical (unpaired) electrons. The summed E-state index contributed by atoms with van der Waals surface area (Å²) >= 11 is 0. The molecule has 2 aliphatic heterocycles. The molecule has 142 valence electrons. The van der Waals surface area contributed by atoms with Gasteiger partial charge < -0.3 is 10.2 Å². The molecular formula is C18H17F2N3O4. The molecule has 0 aromatic heterocycles. The van der Waals surface area contributed by atoms with Gasteiger partial charge in [0.05, 0.1) is 0 Å².